The normalized spacial score (nSPS) is 10.2. The van der Waals surface area contributed by atoms with Crippen LogP contribution in [-0.2, 0) is 4.74 Å². The molecule has 1 amide bonds. The first kappa shape index (κ1) is 10.2. The number of carbonyl (C=O) groups excluding carboxylic acids is 1. The minimum absolute atomic E-state index is 0.200. The lowest BCUT2D eigenvalue weighted by Crippen LogP contribution is -2.18. The number of hydrogen-bond donors (Lipinski definition) is 3. The predicted molar refractivity (Wildman–Crippen MR) is 57.9 cm³/mol. The first-order valence-electron chi connectivity index (χ1n) is 4.71. The average Bonchev–Trinajstić information content (AvgIpc) is 2.72. The van der Waals surface area contributed by atoms with Gasteiger partial charge in [-0.3, -0.25) is 0 Å². The van der Waals surface area contributed by atoms with Crippen LogP contribution < -0.4 is 11.1 Å². The SMILES string of the molecule is NC(=O)OCCNc1ncnc2[nH]ccc12. The van der Waals surface area contributed by atoms with Crippen molar-refractivity contribution in [2.45, 2.75) is 0 Å². The van der Waals surface area contributed by atoms with Gasteiger partial charge < -0.3 is 20.8 Å². The number of ether oxygens (including phenoxy) is 1. The number of hydrogen-bond acceptors (Lipinski definition) is 5. The summed E-state index contributed by atoms with van der Waals surface area (Å²) >= 11 is 0. The Balaban J connectivity index is 1.98. The van der Waals surface area contributed by atoms with Gasteiger partial charge >= 0.3 is 6.09 Å². The number of H-pyrrole nitrogens is 1. The lowest BCUT2D eigenvalue weighted by molar-refractivity contribution is 0.161. The first-order chi connectivity index (χ1) is 7.77. The second-order valence-corrected chi connectivity index (χ2v) is 3.06. The molecule has 0 bridgehead atoms. The van der Waals surface area contributed by atoms with Crippen molar-refractivity contribution in [1.29, 1.82) is 0 Å². The fourth-order valence-electron chi connectivity index (χ4n) is 1.33. The minimum atomic E-state index is -0.781. The molecule has 2 aromatic heterocycles. The summed E-state index contributed by atoms with van der Waals surface area (Å²) in [4.78, 5) is 21.4. The molecule has 0 aliphatic heterocycles. The molecule has 0 aromatic carbocycles. The molecule has 0 unspecified atom stereocenters. The zero-order valence-corrected chi connectivity index (χ0v) is 8.43. The molecule has 0 saturated carbocycles. The Morgan fingerprint density at radius 1 is 1.56 bits per heavy atom. The number of aromatic nitrogens is 3. The maximum atomic E-state index is 10.3. The number of amides is 1. The maximum absolute atomic E-state index is 10.3. The molecule has 7 heteroatoms. The zero-order chi connectivity index (χ0) is 11.4. The number of nitrogens with zero attached hydrogens (tertiary/aromatic N) is 2. The Kier molecular flexibility index (Phi) is 2.86. The topological polar surface area (TPSA) is 106 Å². The smallest absolute Gasteiger partial charge is 0.404 e. The second kappa shape index (κ2) is 4.47. The molecule has 0 spiro atoms. The zero-order valence-electron chi connectivity index (χ0n) is 8.43. The number of anilines is 1. The number of rotatable bonds is 4. The molecule has 0 aliphatic carbocycles. The van der Waals surface area contributed by atoms with Crippen molar-refractivity contribution in [1.82, 2.24) is 15.0 Å². The number of fused-ring (bicyclic) bond motifs is 1. The lowest BCUT2D eigenvalue weighted by atomic mass is 10.4. The van der Waals surface area contributed by atoms with E-state index in [0.29, 0.717) is 12.4 Å². The number of aromatic amines is 1. The van der Waals surface area contributed by atoms with Crippen molar-refractivity contribution in [2.24, 2.45) is 5.73 Å². The standard InChI is InChI=1S/C9H11N5O2/c10-9(15)16-4-3-12-8-6-1-2-11-7(6)13-5-14-8/h1-2,5H,3-4H2,(H2,10,15)(H2,11,12,13,14). The molecule has 2 heterocycles. The summed E-state index contributed by atoms with van der Waals surface area (Å²) in [5, 5.41) is 3.92. The molecule has 7 nitrogen and oxygen atoms in total. The largest absolute Gasteiger partial charge is 0.448 e. The molecule has 2 rings (SSSR count). The molecular formula is C9H11N5O2. The van der Waals surface area contributed by atoms with Crippen LogP contribution in [0, 0.1) is 0 Å². The number of carbonyl (C=O) groups is 1. The van der Waals surface area contributed by atoms with E-state index in [1.54, 1.807) is 6.20 Å². The van der Waals surface area contributed by atoms with Crippen LogP contribution in [0.15, 0.2) is 18.6 Å². The van der Waals surface area contributed by atoms with Gasteiger partial charge in [0.05, 0.1) is 11.9 Å². The average molecular weight is 221 g/mol. The van der Waals surface area contributed by atoms with Gasteiger partial charge in [0.2, 0.25) is 0 Å². The van der Waals surface area contributed by atoms with Gasteiger partial charge in [-0.25, -0.2) is 14.8 Å². The van der Waals surface area contributed by atoms with Gasteiger partial charge in [-0.1, -0.05) is 0 Å². The fraction of sp³-hybridized carbons (Fsp3) is 0.222. The monoisotopic (exact) mass is 221 g/mol. The van der Waals surface area contributed by atoms with E-state index >= 15 is 0 Å². The highest BCUT2D eigenvalue weighted by molar-refractivity contribution is 5.86. The summed E-state index contributed by atoms with van der Waals surface area (Å²) in [5.41, 5.74) is 5.58. The van der Waals surface area contributed by atoms with Crippen molar-refractivity contribution in [2.75, 3.05) is 18.5 Å². The molecule has 84 valence electrons. The van der Waals surface area contributed by atoms with Crippen LogP contribution in [-0.4, -0.2) is 34.2 Å². The van der Waals surface area contributed by atoms with Crippen LogP contribution in [0.2, 0.25) is 0 Å². The predicted octanol–water partition coefficient (Wildman–Crippen LogP) is 0.465. The highest BCUT2D eigenvalue weighted by Crippen LogP contribution is 2.16. The molecule has 0 atom stereocenters. The summed E-state index contributed by atoms with van der Waals surface area (Å²) < 4.78 is 4.58. The molecule has 4 N–H and O–H groups in total. The van der Waals surface area contributed by atoms with Gasteiger partial charge in [0.1, 0.15) is 24.4 Å². The summed E-state index contributed by atoms with van der Waals surface area (Å²) in [7, 11) is 0. The quantitative estimate of drug-likeness (QED) is 0.650. The molecule has 16 heavy (non-hydrogen) atoms. The van der Waals surface area contributed by atoms with E-state index in [4.69, 9.17) is 5.73 Å². The number of primary amides is 1. The van der Waals surface area contributed by atoms with Crippen LogP contribution in [0.4, 0.5) is 10.6 Å². The fourth-order valence-corrected chi connectivity index (χ4v) is 1.33. The van der Waals surface area contributed by atoms with Crippen LogP contribution in [0.1, 0.15) is 0 Å². The Labute approximate surface area is 91.0 Å². The van der Waals surface area contributed by atoms with Gasteiger partial charge in [0, 0.05) is 6.20 Å². The van der Waals surface area contributed by atoms with Crippen molar-refractivity contribution >= 4 is 22.9 Å². The van der Waals surface area contributed by atoms with E-state index in [2.05, 4.69) is 25.0 Å². The molecule has 0 aliphatic rings. The van der Waals surface area contributed by atoms with Crippen molar-refractivity contribution in [3.05, 3.63) is 18.6 Å². The third kappa shape index (κ3) is 2.19. The van der Waals surface area contributed by atoms with Crippen molar-refractivity contribution < 1.29 is 9.53 Å². The van der Waals surface area contributed by atoms with Crippen LogP contribution in [0.5, 0.6) is 0 Å². The Morgan fingerprint density at radius 2 is 2.44 bits per heavy atom. The van der Waals surface area contributed by atoms with E-state index < -0.39 is 6.09 Å². The Bertz CT molecular complexity index is 495. The summed E-state index contributed by atoms with van der Waals surface area (Å²) in [6.07, 6.45) is 2.46. The Morgan fingerprint density at radius 3 is 3.25 bits per heavy atom. The van der Waals surface area contributed by atoms with Crippen molar-refractivity contribution in [3.8, 4) is 0 Å². The second-order valence-electron chi connectivity index (χ2n) is 3.06. The highest BCUT2D eigenvalue weighted by Gasteiger charge is 2.03. The van der Waals surface area contributed by atoms with E-state index in [9.17, 15) is 4.79 Å². The van der Waals surface area contributed by atoms with E-state index in [1.807, 2.05) is 6.07 Å². The molecule has 0 fully saturated rings. The summed E-state index contributed by atoms with van der Waals surface area (Å²) in [5.74, 6) is 0.694. The molecule has 0 saturated heterocycles. The van der Waals surface area contributed by atoms with Gasteiger partial charge in [0.15, 0.2) is 0 Å². The van der Waals surface area contributed by atoms with E-state index in [1.165, 1.54) is 6.33 Å². The van der Waals surface area contributed by atoms with E-state index in [0.717, 1.165) is 11.0 Å². The molecule has 2 aromatic rings. The minimum Gasteiger partial charge on any atom is -0.448 e. The third-order valence-corrected chi connectivity index (χ3v) is 1.99. The van der Waals surface area contributed by atoms with Gasteiger partial charge in [-0.15, -0.1) is 0 Å². The van der Waals surface area contributed by atoms with Crippen LogP contribution >= 0.6 is 0 Å². The molecule has 0 radical (unpaired) electrons. The lowest BCUT2D eigenvalue weighted by Gasteiger charge is -2.05. The van der Waals surface area contributed by atoms with Gasteiger partial charge in [0.25, 0.3) is 0 Å². The molecular weight excluding hydrogens is 210 g/mol. The maximum Gasteiger partial charge on any atom is 0.404 e. The third-order valence-electron chi connectivity index (χ3n) is 1.99. The van der Waals surface area contributed by atoms with Crippen LogP contribution in [0.3, 0.4) is 0 Å². The van der Waals surface area contributed by atoms with Gasteiger partial charge in [-0.05, 0) is 6.07 Å². The summed E-state index contributed by atoms with van der Waals surface area (Å²) in [6, 6.07) is 1.87. The highest BCUT2D eigenvalue weighted by atomic mass is 16.5. The van der Waals surface area contributed by atoms with Gasteiger partial charge in [-0.2, -0.15) is 0 Å². The number of nitrogens with two attached hydrogens (primary N) is 1. The van der Waals surface area contributed by atoms with Crippen LogP contribution in [0.25, 0.3) is 11.0 Å². The Hall–Kier alpha value is -2.31. The van der Waals surface area contributed by atoms with Crippen molar-refractivity contribution in [3.63, 3.8) is 0 Å². The number of nitrogens with one attached hydrogen (secondary N) is 2. The van der Waals surface area contributed by atoms with E-state index in [-0.39, 0.29) is 6.61 Å². The summed E-state index contributed by atoms with van der Waals surface area (Å²) in [6.45, 7) is 0.644. The first-order valence-corrected chi connectivity index (χ1v) is 4.71.